The summed E-state index contributed by atoms with van der Waals surface area (Å²) < 4.78 is 0. The molecule has 0 aromatic heterocycles. The van der Waals surface area contributed by atoms with Gasteiger partial charge in [-0.3, -0.25) is 9.59 Å². The van der Waals surface area contributed by atoms with Crippen molar-refractivity contribution in [2.75, 3.05) is 25.5 Å². The predicted molar refractivity (Wildman–Crippen MR) is 84.1 cm³/mol. The van der Waals surface area contributed by atoms with E-state index < -0.39 is 0 Å². The maximum absolute atomic E-state index is 11.9. The zero-order valence-electron chi connectivity index (χ0n) is 12.0. The maximum atomic E-state index is 11.9. The smallest absolute Gasteiger partial charge is 0.243 e. The van der Waals surface area contributed by atoms with Crippen LogP contribution in [0.1, 0.15) is 6.42 Å². The number of anilines is 1. The van der Waals surface area contributed by atoms with Gasteiger partial charge in [0.1, 0.15) is 0 Å². The molecule has 0 spiro atoms. The zero-order chi connectivity index (χ0) is 15.1. The Morgan fingerprint density at radius 1 is 1.00 bits per heavy atom. The second kappa shape index (κ2) is 7.40. The highest BCUT2D eigenvalue weighted by Gasteiger charge is 2.07. The van der Waals surface area contributed by atoms with Gasteiger partial charge in [-0.1, -0.05) is 36.4 Å². The van der Waals surface area contributed by atoms with Crippen LogP contribution in [0.25, 0.3) is 10.8 Å². The van der Waals surface area contributed by atoms with Crippen molar-refractivity contribution in [3.63, 3.8) is 0 Å². The molecule has 5 nitrogen and oxygen atoms in total. The summed E-state index contributed by atoms with van der Waals surface area (Å²) in [6.45, 7) is 0.572. The number of hydrogen-bond donors (Lipinski definition) is 3. The van der Waals surface area contributed by atoms with Gasteiger partial charge in [-0.15, -0.1) is 0 Å². The molecule has 0 bridgehead atoms. The highest BCUT2D eigenvalue weighted by molar-refractivity contribution is 6.03. The topological polar surface area (TPSA) is 70.2 Å². The summed E-state index contributed by atoms with van der Waals surface area (Å²) in [4.78, 5) is 23.3. The van der Waals surface area contributed by atoms with Crippen LogP contribution in [0.15, 0.2) is 42.5 Å². The summed E-state index contributed by atoms with van der Waals surface area (Å²) in [6.07, 6.45) is 0.359. The maximum Gasteiger partial charge on any atom is 0.243 e. The van der Waals surface area contributed by atoms with E-state index in [2.05, 4.69) is 16.0 Å². The van der Waals surface area contributed by atoms with Crippen LogP contribution < -0.4 is 16.0 Å². The summed E-state index contributed by atoms with van der Waals surface area (Å²) in [6, 6.07) is 13.6. The summed E-state index contributed by atoms with van der Waals surface area (Å²) >= 11 is 0. The lowest BCUT2D eigenvalue weighted by Crippen LogP contribution is -2.34. The van der Waals surface area contributed by atoms with Gasteiger partial charge in [-0.25, -0.2) is 0 Å². The number of fused-ring (bicyclic) bond motifs is 1. The van der Waals surface area contributed by atoms with Crippen molar-refractivity contribution in [1.82, 2.24) is 10.6 Å². The average molecular weight is 285 g/mol. The van der Waals surface area contributed by atoms with E-state index in [9.17, 15) is 9.59 Å². The third kappa shape index (κ3) is 4.29. The number of benzene rings is 2. The Labute approximate surface area is 123 Å². The molecule has 2 rings (SSSR count). The third-order valence-corrected chi connectivity index (χ3v) is 3.11. The number of rotatable bonds is 6. The number of carbonyl (C=O) groups is 2. The van der Waals surface area contributed by atoms with Crippen molar-refractivity contribution in [3.05, 3.63) is 42.5 Å². The molecule has 21 heavy (non-hydrogen) atoms. The fraction of sp³-hybridized carbons (Fsp3) is 0.250. The predicted octanol–water partition coefficient (Wildman–Crippen LogP) is 1.50. The van der Waals surface area contributed by atoms with Crippen LogP contribution in [-0.2, 0) is 9.59 Å². The lowest BCUT2D eigenvalue weighted by atomic mass is 10.1. The first-order valence-electron chi connectivity index (χ1n) is 6.89. The van der Waals surface area contributed by atoms with E-state index in [0.717, 1.165) is 16.5 Å². The molecule has 2 aromatic carbocycles. The van der Waals surface area contributed by atoms with Crippen molar-refractivity contribution in [2.24, 2.45) is 0 Å². The fourth-order valence-corrected chi connectivity index (χ4v) is 2.03. The Balaban J connectivity index is 1.94. The lowest BCUT2D eigenvalue weighted by molar-refractivity contribution is -0.124. The van der Waals surface area contributed by atoms with Gasteiger partial charge < -0.3 is 16.0 Å². The molecule has 2 aromatic rings. The Kier molecular flexibility index (Phi) is 5.29. The van der Waals surface area contributed by atoms with Crippen molar-refractivity contribution < 1.29 is 9.59 Å². The molecular formula is C16H19N3O2. The fourth-order valence-electron chi connectivity index (χ4n) is 2.03. The first-order valence-corrected chi connectivity index (χ1v) is 6.89. The molecule has 0 fully saturated rings. The normalized spacial score (nSPS) is 10.3. The van der Waals surface area contributed by atoms with Gasteiger partial charge >= 0.3 is 0 Å². The van der Waals surface area contributed by atoms with Gasteiger partial charge in [-0.2, -0.15) is 0 Å². The van der Waals surface area contributed by atoms with E-state index >= 15 is 0 Å². The minimum Gasteiger partial charge on any atom is -0.347 e. The summed E-state index contributed by atoms with van der Waals surface area (Å²) in [7, 11) is 1.78. The molecule has 0 radical (unpaired) electrons. The van der Waals surface area contributed by atoms with Crippen LogP contribution in [-0.4, -0.2) is 32.0 Å². The number of amides is 2. The van der Waals surface area contributed by atoms with E-state index in [1.165, 1.54) is 0 Å². The van der Waals surface area contributed by atoms with E-state index in [1.54, 1.807) is 7.05 Å². The molecule has 0 saturated carbocycles. The van der Waals surface area contributed by atoms with Crippen LogP contribution in [0.4, 0.5) is 5.69 Å². The quantitative estimate of drug-likeness (QED) is 0.753. The second-order valence-corrected chi connectivity index (χ2v) is 4.71. The lowest BCUT2D eigenvalue weighted by Gasteiger charge is -2.09. The summed E-state index contributed by atoms with van der Waals surface area (Å²) in [5.74, 6) is -0.374. The van der Waals surface area contributed by atoms with Crippen molar-refractivity contribution >= 4 is 28.3 Å². The van der Waals surface area contributed by atoms with Crippen LogP contribution in [0, 0.1) is 0 Å². The molecule has 0 unspecified atom stereocenters. The number of nitrogens with one attached hydrogen (secondary N) is 3. The molecule has 5 heteroatoms. The SMILES string of the molecule is CNCCC(=O)NCC(=O)Nc1cccc2ccccc12. The monoisotopic (exact) mass is 285 g/mol. The minimum atomic E-state index is -0.232. The van der Waals surface area contributed by atoms with Crippen molar-refractivity contribution in [3.8, 4) is 0 Å². The highest BCUT2D eigenvalue weighted by Crippen LogP contribution is 2.22. The molecule has 0 aliphatic rings. The molecule has 0 aliphatic heterocycles. The molecule has 0 heterocycles. The van der Waals surface area contributed by atoms with Crippen LogP contribution in [0.5, 0.6) is 0 Å². The Morgan fingerprint density at radius 3 is 2.57 bits per heavy atom. The van der Waals surface area contributed by atoms with Gasteiger partial charge in [-0.05, 0) is 18.5 Å². The summed E-state index contributed by atoms with van der Waals surface area (Å²) in [5.41, 5.74) is 0.752. The Morgan fingerprint density at radius 2 is 1.76 bits per heavy atom. The van der Waals surface area contributed by atoms with E-state index in [-0.39, 0.29) is 18.4 Å². The largest absolute Gasteiger partial charge is 0.347 e. The Bertz CT molecular complexity index is 635. The van der Waals surface area contributed by atoms with Crippen molar-refractivity contribution in [2.45, 2.75) is 6.42 Å². The number of hydrogen-bond acceptors (Lipinski definition) is 3. The molecule has 2 amide bonds. The van der Waals surface area contributed by atoms with Gasteiger partial charge in [0, 0.05) is 24.0 Å². The minimum absolute atomic E-state index is 0.0221. The van der Waals surface area contributed by atoms with E-state index in [1.807, 2.05) is 42.5 Å². The Hall–Kier alpha value is -2.40. The third-order valence-electron chi connectivity index (χ3n) is 3.11. The first-order chi connectivity index (χ1) is 10.2. The van der Waals surface area contributed by atoms with E-state index in [0.29, 0.717) is 13.0 Å². The van der Waals surface area contributed by atoms with Crippen LogP contribution in [0.2, 0.25) is 0 Å². The molecule has 0 atom stereocenters. The van der Waals surface area contributed by atoms with Crippen LogP contribution in [0.3, 0.4) is 0 Å². The van der Waals surface area contributed by atoms with Gasteiger partial charge in [0.15, 0.2) is 0 Å². The van der Waals surface area contributed by atoms with Crippen molar-refractivity contribution in [1.29, 1.82) is 0 Å². The standard InChI is InChI=1S/C16H19N3O2/c1-17-10-9-15(20)18-11-16(21)19-14-8-4-6-12-5-2-3-7-13(12)14/h2-8,17H,9-11H2,1H3,(H,18,20)(H,19,21). The summed E-state index contributed by atoms with van der Waals surface area (Å²) in [5, 5.41) is 10.4. The van der Waals surface area contributed by atoms with E-state index in [4.69, 9.17) is 0 Å². The first kappa shape index (κ1) is 15.0. The molecular weight excluding hydrogens is 266 g/mol. The van der Waals surface area contributed by atoms with Gasteiger partial charge in [0.2, 0.25) is 11.8 Å². The highest BCUT2D eigenvalue weighted by atomic mass is 16.2. The second-order valence-electron chi connectivity index (χ2n) is 4.71. The molecule has 110 valence electrons. The van der Waals surface area contributed by atoms with Crippen LogP contribution >= 0.6 is 0 Å². The van der Waals surface area contributed by atoms with Gasteiger partial charge in [0.25, 0.3) is 0 Å². The average Bonchev–Trinajstić information content (AvgIpc) is 2.51. The molecule has 0 aliphatic carbocycles. The zero-order valence-corrected chi connectivity index (χ0v) is 12.0. The molecule has 0 saturated heterocycles. The number of carbonyl (C=O) groups excluding carboxylic acids is 2. The molecule has 3 N–H and O–H groups in total. The van der Waals surface area contributed by atoms with Gasteiger partial charge in [0.05, 0.1) is 6.54 Å².